The van der Waals surface area contributed by atoms with Gasteiger partial charge in [0.15, 0.2) is 5.76 Å². The number of hydrogen-bond acceptors (Lipinski definition) is 2. The zero-order valence-corrected chi connectivity index (χ0v) is 25.0. The number of nitrogens with zero attached hydrogens (tertiary/aromatic N) is 2. The Morgan fingerprint density at radius 3 is 2.00 bits per heavy atom. The minimum Gasteiger partial charge on any atom is -0.454 e. The van der Waals surface area contributed by atoms with Crippen molar-refractivity contribution in [1.82, 2.24) is 9.55 Å². The summed E-state index contributed by atoms with van der Waals surface area (Å²) in [6.07, 6.45) is 9.07. The SMILES string of the molecule is C1=CC2c3c(oc4ccccc34)-c3c(c4ccccc4n3-c3cc(-c4ccc(-c5ccccc5)cc4)c4ccccc4n3)C2C=C1. The molecular formula is C43H28N2O. The Balaban J connectivity index is 1.26. The molecule has 10 rings (SSSR count). The van der Waals surface area contributed by atoms with E-state index in [0.717, 1.165) is 50.4 Å². The van der Waals surface area contributed by atoms with E-state index in [9.17, 15) is 0 Å². The first kappa shape index (κ1) is 25.4. The molecule has 0 saturated carbocycles. The normalized spacial score (nSPS) is 16.5. The van der Waals surface area contributed by atoms with Gasteiger partial charge >= 0.3 is 0 Å². The molecule has 2 atom stereocenters. The van der Waals surface area contributed by atoms with Gasteiger partial charge in [0.1, 0.15) is 11.4 Å². The fourth-order valence-electron chi connectivity index (χ4n) is 7.78. The van der Waals surface area contributed by atoms with Crippen molar-refractivity contribution >= 4 is 32.8 Å². The second-order valence-corrected chi connectivity index (χ2v) is 12.3. The molecule has 0 bridgehead atoms. The van der Waals surface area contributed by atoms with Crippen LogP contribution in [0.1, 0.15) is 23.0 Å². The van der Waals surface area contributed by atoms with Crippen LogP contribution in [0, 0.1) is 0 Å². The molecule has 5 aromatic carbocycles. The van der Waals surface area contributed by atoms with Gasteiger partial charge in [0, 0.05) is 33.6 Å². The lowest BCUT2D eigenvalue weighted by Gasteiger charge is -2.30. The van der Waals surface area contributed by atoms with Gasteiger partial charge in [0.25, 0.3) is 0 Å². The van der Waals surface area contributed by atoms with Crippen LogP contribution in [0.4, 0.5) is 0 Å². The number of benzene rings is 5. The molecule has 0 N–H and O–H groups in total. The van der Waals surface area contributed by atoms with Crippen molar-refractivity contribution in [2.75, 3.05) is 0 Å². The lowest BCUT2D eigenvalue weighted by atomic mass is 9.73. The molecule has 0 amide bonds. The van der Waals surface area contributed by atoms with Crippen molar-refractivity contribution in [2.45, 2.75) is 11.8 Å². The zero-order chi connectivity index (χ0) is 30.2. The molecule has 0 spiro atoms. The van der Waals surface area contributed by atoms with Gasteiger partial charge in [-0.25, -0.2) is 4.98 Å². The molecule has 3 heteroatoms. The van der Waals surface area contributed by atoms with Gasteiger partial charge in [-0.1, -0.05) is 133 Å². The lowest BCUT2D eigenvalue weighted by molar-refractivity contribution is 0.601. The summed E-state index contributed by atoms with van der Waals surface area (Å²) < 4.78 is 9.16. The minimum atomic E-state index is 0.199. The van der Waals surface area contributed by atoms with Gasteiger partial charge in [0.05, 0.1) is 16.7 Å². The van der Waals surface area contributed by atoms with Crippen LogP contribution in [0.15, 0.2) is 162 Å². The van der Waals surface area contributed by atoms with E-state index in [1.165, 1.54) is 33.0 Å². The van der Waals surface area contributed by atoms with Gasteiger partial charge in [0.2, 0.25) is 0 Å². The van der Waals surface area contributed by atoms with E-state index in [2.05, 4.69) is 162 Å². The highest BCUT2D eigenvalue weighted by Gasteiger charge is 2.40. The summed E-state index contributed by atoms with van der Waals surface area (Å²) in [4.78, 5) is 5.35. The number of hydrogen-bond donors (Lipinski definition) is 0. The van der Waals surface area contributed by atoms with E-state index >= 15 is 0 Å². The Labute approximate surface area is 266 Å². The summed E-state index contributed by atoms with van der Waals surface area (Å²) in [6.45, 7) is 0. The maximum absolute atomic E-state index is 6.81. The zero-order valence-electron chi connectivity index (χ0n) is 25.0. The van der Waals surface area contributed by atoms with E-state index in [4.69, 9.17) is 9.40 Å². The Hall–Kier alpha value is -5.93. The fourth-order valence-corrected chi connectivity index (χ4v) is 7.78. The molecule has 2 aliphatic rings. The molecule has 3 aromatic heterocycles. The molecular weight excluding hydrogens is 560 g/mol. The van der Waals surface area contributed by atoms with Crippen molar-refractivity contribution in [1.29, 1.82) is 0 Å². The van der Waals surface area contributed by atoms with Crippen molar-refractivity contribution in [3.05, 3.63) is 169 Å². The van der Waals surface area contributed by atoms with E-state index in [0.29, 0.717) is 0 Å². The third-order valence-electron chi connectivity index (χ3n) is 9.80. The van der Waals surface area contributed by atoms with Gasteiger partial charge in [-0.15, -0.1) is 0 Å². The van der Waals surface area contributed by atoms with E-state index < -0.39 is 0 Å². The summed E-state index contributed by atoms with van der Waals surface area (Å²) in [5.74, 6) is 2.24. The molecule has 3 nitrogen and oxygen atoms in total. The van der Waals surface area contributed by atoms with Crippen LogP contribution in [-0.4, -0.2) is 9.55 Å². The summed E-state index contributed by atoms with van der Waals surface area (Å²) in [5, 5.41) is 3.55. The fraction of sp³-hybridized carbons (Fsp3) is 0.0465. The number of aromatic nitrogens is 2. The number of rotatable bonds is 3. The number of fused-ring (bicyclic) bond motifs is 11. The van der Waals surface area contributed by atoms with Crippen LogP contribution < -0.4 is 0 Å². The third kappa shape index (κ3) is 3.63. The predicted octanol–water partition coefficient (Wildman–Crippen LogP) is 11.2. The largest absolute Gasteiger partial charge is 0.454 e. The summed E-state index contributed by atoms with van der Waals surface area (Å²) in [6, 6.07) is 47.4. The topological polar surface area (TPSA) is 31.0 Å². The van der Waals surface area contributed by atoms with Gasteiger partial charge in [-0.3, -0.25) is 4.57 Å². The highest BCUT2D eigenvalue weighted by molar-refractivity contribution is 6.01. The second kappa shape index (κ2) is 9.79. The van der Waals surface area contributed by atoms with Crippen molar-refractivity contribution in [2.24, 2.45) is 0 Å². The molecule has 0 fully saturated rings. The maximum atomic E-state index is 6.81. The molecule has 3 heterocycles. The van der Waals surface area contributed by atoms with E-state index in [-0.39, 0.29) is 11.8 Å². The Bertz CT molecular complexity index is 2530. The maximum Gasteiger partial charge on any atom is 0.156 e. The molecule has 2 unspecified atom stereocenters. The Kier molecular flexibility index (Phi) is 5.40. The van der Waals surface area contributed by atoms with Crippen molar-refractivity contribution in [3.8, 4) is 39.5 Å². The molecule has 46 heavy (non-hydrogen) atoms. The van der Waals surface area contributed by atoms with Crippen molar-refractivity contribution < 1.29 is 4.42 Å². The Morgan fingerprint density at radius 2 is 1.17 bits per heavy atom. The highest BCUT2D eigenvalue weighted by Crippen LogP contribution is 2.56. The number of furan rings is 1. The van der Waals surface area contributed by atoms with Crippen LogP contribution in [0.25, 0.3) is 72.3 Å². The van der Waals surface area contributed by atoms with Crippen LogP contribution in [0.2, 0.25) is 0 Å². The molecule has 2 aliphatic carbocycles. The van der Waals surface area contributed by atoms with Gasteiger partial charge < -0.3 is 4.42 Å². The van der Waals surface area contributed by atoms with Crippen LogP contribution >= 0.6 is 0 Å². The summed E-state index contributed by atoms with van der Waals surface area (Å²) >= 11 is 0. The van der Waals surface area contributed by atoms with Crippen LogP contribution in [-0.2, 0) is 0 Å². The first-order valence-corrected chi connectivity index (χ1v) is 15.9. The van der Waals surface area contributed by atoms with E-state index in [1.807, 2.05) is 0 Å². The average molecular weight is 589 g/mol. The van der Waals surface area contributed by atoms with Gasteiger partial charge in [-0.2, -0.15) is 0 Å². The second-order valence-electron chi connectivity index (χ2n) is 12.3. The first-order chi connectivity index (χ1) is 22.8. The number of allylic oxidation sites excluding steroid dienone is 4. The predicted molar refractivity (Wildman–Crippen MR) is 188 cm³/mol. The Morgan fingerprint density at radius 1 is 0.543 bits per heavy atom. The molecule has 216 valence electrons. The van der Waals surface area contributed by atoms with Crippen molar-refractivity contribution in [3.63, 3.8) is 0 Å². The number of pyridine rings is 1. The first-order valence-electron chi connectivity index (χ1n) is 15.9. The van der Waals surface area contributed by atoms with Crippen LogP contribution in [0.3, 0.4) is 0 Å². The quantitative estimate of drug-likeness (QED) is 0.206. The third-order valence-corrected chi connectivity index (χ3v) is 9.80. The average Bonchev–Trinajstić information content (AvgIpc) is 3.69. The lowest BCUT2D eigenvalue weighted by Crippen LogP contribution is -2.16. The monoisotopic (exact) mass is 588 g/mol. The highest BCUT2D eigenvalue weighted by atomic mass is 16.3. The molecule has 0 aliphatic heterocycles. The molecule has 0 saturated heterocycles. The number of para-hydroxylation sites is 3. The van der Waals surface area contributed by atoms with E-state index in [1.54, 1.807) is 0 Å². The minimum absolute atomic E-state index is 0.199. The van der Waals surface area contributed by atoms with Gasteiger partial charge in [-0.05, 0) is 52.1 Å². The smallest absolute Gasteiger partial charge is 0.156 e. The summed E-state index contributed by atoms with van der Waals surface area (Å²) in [5.41, 5.74) is 11.4. The molecule has 0 radical (unpaired) electrons. The molecule has 8 aromatic rings. The van der Waals surface area contributed by atoms with Crippen LogP contribution in [0.5, 0.6) is 0 Å². The standard InChI is InChI=1S/C43H28N2O/c1-2-12-27(13-3-1)28-22-24-29(25-23-28)35-26-39(44-36-19-9-6-14-30(35)36)45-37-20-10-7-17-33(37)40-31-15-4-5-16-32(31)41-34-18-8-11-21-38(34)46-43(41)42(40)45/h1-26,31-32H. The summed E-state index contributed by atoms with van der Waals surface area (Å²) in [7, 11) is 0.